The molecule has 1 aliphatic carbocycles. The number of benzene rings is 1. The Morgan fingerprint density at radius 2 is 1.72 bits per heavy atom. The van der Waals surface area contributed by atoms with Gasteiger partial charge in [-0.25, -0.2) is 13.1 Å². The lowest BCUT2D eigenvalue weighted by Crippen LogP contribution is -2.32. The molecule has 0 aromatic heterocycles. The van der Waals surface area contributed by atoms with Crippen molar-refractivity contribution in [2.45, 2.75) is 10.9 Å². The van der Waals surface area contributed by atoms with E-state index in [-0.39, 0.29) is 21.0 Å². The lowest BCUT2D eigenvalue weighted by atomic mass is 10.4. The van der Waals surface area contributed by atoms with E-state index in [1.54, 1.807) is 6.07 Å². The first kappa shape index (κ1) is 12.7. The highest BCUT2D eigenvalue weighted by Crippen LogP contribution is 2.43. The van der Waals surface area contributed by atoms with Crippen molar-refractivity contribution in [2.24, 2.45) is 11.8 Å². The molecule has 1 saturated heterocycles. The highest BCUT2D eigenvalue weighted by Gasteiger charge is 2.54. The second-order valence-corrected chi connectivity index (χ2v) is 7.15. The van der Waals surface area contributed by atoms with Crippen LogP contribution in [0, 0.1) is 11.8 Å². The maximum absolute atomic E-state index is 12.3. The first-order valence-electron chi connectivity index (χ1n) is 5.68. The summed E-state index contributed by atoms with van der Waals surface area (Å²) in [6.07, 6.45) is 0. The Balaban J connectivity index is 1.86. The molecule has 2 N–H and O–H groups in total. The fraction of sp³-hybridized carbons (Fsp3) is 0.455. The van der Waals surface area contributed by atoms with Crippen LogP contribution >= 0.6 is 23.2 Å². The van der Waals surface area contributed by atoms with Crippen molar-refractivity contribution in [3.8, 4) is 0 Å². The van der Waals surface area contributed by atoms with Crippen molar-refractivity contribution in [3.63, 3.8) is 0 Å². The molecule has 3 rings (SSSR count). The van der Waals surface area contributed by atoms with E-state index in [9.17, 15) is 8.42 Å². The van der Waals surface area contributed by atoms with Gasteiger partial charge in [-0.2, -0.15) is 0 Å². The number of piperidine rings is 1. The normalized spacial score (nSPS) is 30.2. The summed E-state index contributed by atoms with van der Waals surface area (Å²) in [6, 6.07) is 4.69. The first-order valence-corrected chi connectivity index (χ1v) is 7.91. The second-order valence-electron chi connectivity index (χ2n) is 4.68. The zero-order valence-electron chi connectivity index (χ0n) is 9.36. The molecule has 4 nitrogen and oxygen atoms in total. The van der Waals surface area contributed by atoms with Gasteiger partial charge in [0.05, 0.1) is 10.0 Å². The number of fused-ring (bicyclic) bond motifs is 1. The predicted octanol–water partition coefficient (Wildman–Crippen LogP) is 1.49. The fourth-order valence-electron chi connectivity index (χ4n) is 2.57. The average molecular weight is 307 g/mol. The highest BCUT2D eigenvalue weighted by molar-refractivity contribution is 7.89. The van der Waals surface area contributed by atoms with Crippen LogP contribution in [-0.2, 0) is 10.0 Å². The van der Waals surface area contributed by atoms with Gasteiger partial charge in [-0.1, -0.05) is 29.3 Å². The summed E-state index contributed by atoms with van der Waals surface area (Å²) < 4.78 is 27.2. The lowest BCUT2D eigenvalue weighted by molar-refractivity contribution is 0.565. The number of nitrogens with one attached hydrogen (secondary N) is 2. The molecule has 1 aromatic carbocycles. The van der Waals surface area contributed by atoms with Gasteiger partial charge in [0.15, 0.2) is 0 Å². The molecule has 2 atom stereocenters. The summed E-state index contributed by atoms with van der Waals surface area (Å²) in [5.74, 6) is 0.807. The Bertz CT molecular complexity index is 560. The van der Waals surface area contributed by atoms with Gasteiger partial charge < -0.3 is 5.32 Å². The molecular weight excluding hydrogens is 295 g/mol. The molecule has 2 fully saturated rings. The van der Waals surface area contributed by atoms with E-state index in [2.05, 4.69) is 10.0 Å². The average Bonchev–Trinajstić information content (AvgIpc) is 2.74. The standard InChI is InChI=1S/C11H12Cl2N2O2S/c12-8-2-1-3-9(13)11(8)18(16,17)15-10-6-4-14-5-7(6)10/h1-3,6-7,10,14-15H,4-5H2. The number of hydrogen-bond acceptors (Lipinski definition) is 3. The predicted molar refractivity (Wildman–Crippen MR) is 70.4 cm³/mol. The third kappa shape index (κ3) is 2.04. The number of halogens is 2. The molecule has 1 aliphatic heterocycles. The minimum absolute atomic E-state index is 0.0172. The maximum atomic E-state index is 12.3. The van der Waals surface area contributed by atoms with E-state index >= 15 is 0 Å². The van der Waals surface area contributed by atoms with Crippen molar-refractivity contribution in [1.29, 1.82) is 0 Å². The molecule has 2 unspecified atom stereocenters. The van der Waals surface area contributed by atoms with Crippen LogP contribution in [0.25, 0.3) is 0 Å². The van der Waals surface area contributed by atoms with Crippen LogP contribution in [0.2, 0.25) is 10.0 Å². The van der Waals surface area contributed by atoms with Crippen molar-refractivity contribution in [2.75, 3.05) is 13.1 Å². The van der Waals surface area contributed by atoms with Crippen LogP contribution < -0.4 is 10.0 Å². The van der Waals surface area contributed by atoms with E-state index in [0.29, 0.717) is 11.8 Å². The van der Waals surface area contributed by atoms with Crippen LogP contribution in [0.5, 0.6) is 0 Å². The molecule has 1 aromatic rings. The van der Waals surface area contributed by atoms with Crippen molar-refractivity contribution >= 4 is 33.2 Å². The van der Waals surface area contributed by atoms with Gasteiger partial charge in [-0.05, 0) is 37.1 Å². The molecule has 98 valence electrons. The van der Waals surface area contributed by atoms with Gasteiger partial charge in [-0.3, -0.25) is 0 Å². The van der Waals surface area contributed by atoms with E-state index in [1.165, 1.54) is 12.1 Å². The molecule has 1 saturated carbocycles. The summed E-state index contributed by atoms with van der Waals surface area (Å²) >= 11 is 11.8. The molecular formula is C11H12Cl2N2O2S. The zero-order chi connectivity index (χ0) is 12.9. The maximum Gasteiger partial charge on any atom is 0.243 e. The van der Waals surface area contributed by atoms with E-state index in [1.807, 2.05) is 0 Å². The number of sulfonamides is 1. The monoisotopic (exact) mass is 306 g/mol. The highest BCUT2D eigenvalue weighted by atomic mass is 35.5. The number of rotatable bonds is 3. The van der Waals surface area contributed by atoms with Crippen LogP contribution in [0.1, 0.15) is 0 Å². The first-order chi connectivity index (χ1) is 8.50. The molecule has 2 aliphatic rings. The third-order valence-corrected chi connectivity index (χ3v) is 5.98. The van der Waals surface area contributed by atoms with Crippen LogP contribution in [0.15, 0.2) is 23.1 Å². The van der Waals surface area contributed by atoms with Crippen molar-refractivity contribution < 1.29 is 8.42 Å². The van der Waals surface area contributed by atoms with Gasteiger partial charge in [0, 0.05) is 6.04 Å². The van der Waals surface area contributed by atoms with Gasteiger partial charge in [0.2, 0.25) is 10.0 Å². The topological polar surface area (TPSA) is 58.2 Å². The van der Waals surface area contributed by atoms with E-state index in [0.717, 1.165) is 13.1 Å². The zero-order valence-corrected chi connectivity index (χ0v) is 11.7. The summed E-state index contributed by atoms with van der Waals surface area (Å²) in [6.45, 7) is 1.74. The summed E-state index contributed by atoms with van der Waals surface area (Å²) in [7, 11) is -3.64. The Hall–Kier alpha value is -0.330. The van der Waals surface area contributed by atoms with Gasteiger partial charge >= 0.3 is 0 Å². The second kappa shape index (κ2) is 4.35. The molecule has 18 heavy (non-hydrogen) atoms. The molecule has 0 radical (unpaired) electrons. The van der Waals surface area contributed by atoms with Gasteiger partial charge in [-0.15, -0.1) is 0 Å². The third-order valence-electron chi connectivity index (χ3n) is 3.57. The Kier molecular flexibility index (Phi) is 3.07. The lowest BCUT2D eigenvalue weighted by Gasteiger charge is -2.11. The smallest absolute Gasteiger partial charge is 0.243 e. The van der Waals surface area contributed by atoms with Crippen LogP contribution in [0.4, 0.5) is 0 Å². The molecule has 1 heterocycles. The molecule has 0 spiro atoms. The Labute approximate surface area is 116 Å². The quantitative estimate of drug-likeness (QED) is 0.889. The number of hydrogen-bond donors (Lipinski definition) is 2. The Morgan fingerprint density at radius 3 is 2.28 bits per heavy atom. The molecule has 0 amide bonds. The van der Waals surface area contributed by atoms with Gasteiger partial charge in [0.1, 0.15) is 4.90 Å². The minimum atomic E-state index is -3.64. The molecule has 7 heteroatoms. The van der Waals surface area contributed by atoms with Crippen LogP contribution in [0.3, 0.4) is 0 Å². The van der Waals surface area contributed by atoms with Crippen molar-refractivity contribution in [1.82, 2.24) is 10.0 Å². The summed E-state index contributed by atoms with van der Waals surface area (Å²) in [4.78, 5) is -0.0220. The minimum Gasteiger partial charge on any atom is -0.316 e. The largest absolute Gasteiger partial charge is 0.316 e. The SMILES string of the molecule is O=S(=O)(NC1C2CNCC21)c1c(Cl)cccc1Cl. The Morgan fingerprint density at radius 1 is 1.17 bits per heavy atom. The van der Waals surface area contributed by atoms with Crippen LogP contribution in [-0.4, -0.2) is 27.5 Å². The van der Waals surface area contributed by atoms with Gasteiger partial charge in [0.25, 0.3) is 0 Å². The van der Waals surface area contributed by atoms with E-state index in [4.69, 9.17) is 23.2 Å². The van der Waals surface area contributed by atoms with Crippen molar-refractivity contribution in [3.05, 3.63) is 28.2 Å². The fourth-order valence-corrected chi connectivity index (χ4v) is 5.05. The summed E-state index contributed by atoms with van der Waals surface area (Å²) in [5.41, 5.74) is 0. The summed E-state index contributed by atoms with van der Waals surface area (Å²) in [5, 5.41) is 3.52. The van der Waals surface area contributed by atoms with E-state index < -0.39 is 10.0 Å². The molecule has 0 bridgehead atoms.